The molecule has 2 aliphatic heterocycles. The first-order valence-corrected chi connectivity index (χ1v) is 13.5. The minimum atomic E-state index is -5.83. The Hall–Kier alpha value is -3.88. The summed E-state index contributed by atoms with van der Waals surface area (Å²) < 4.78 is 83.9. The van der Waals surface area contributed by atoms with E-state index >= 15 is 0 Å². The summed E-state index contributed by atoms with van der Waals surface area (Å²) in [4.78, 5) is 23.0. The van der Waals surface area contributed by atoms with Crippen LogP contribution in [-0.4, -0.2) is 71.6 Å². The van der Waals surface area contributed by atoms with Gasteiger partial charge in [0, 0.05) is 11.1 Å². The number of phenolic OH excluding ortho intramolecular Hbond substituents is 1. The van der Waals surface area contributed by atoms with Crippen molar-refractivity contribution in [1.82, 2.24) is 0 Å². The number of rotatable bonds is 6. The third-order valence-electron chi connectivity index (χ3n) is 5.92. The largest absolute Gasteiger partial charge is 0.534 e. The molecule has 0 unspecified atom stereocenters. The highest BCUT2D eigenvalue weighted by Crippen LogP contribution is 2.35. The highest BCUT2D eigenvalue weighted by molar-refractivity contribution is 7.88. The van der Waals surface area contributed by atoms with E-state index in [4.69, 9.17) is 9.47 Å². The fourth-order valence-corrected chi connectivity index (χ4v) is 4.32. The summed E-state index contributed by atoms with van der Waals surface area (Å²) in [5.74, 6) is -1.47. The number of phenols is 1. The first kappa shape index (κ1) is 31.6. The summed E-state index contributed by atoms with van der Waals surface area (Å²) in [6.45, 7) is 1.69. The van der Waals surface area contributed by atoms with Gasteiger partial charge >= 0.3 is 27.6 Å². The summed E-state index contributed by atoms with van der Waals surface area (Å²) in [7, 11) is -3.34. The molecule has 0 amide bonds. The van der Waals surface area contributed by atoms with Crippen LogP contribution in [-0.2, 0) is 29.1 Å². The molecule has 0 radical (unpaired) electrons. The number of carbonyl (C=O) groups excluding carboxylic acids is 2. The topological polar surface area (TPSA) is 135 Å². The number of methoxy groups -OCH3 is 2. The normalized spacial score (nSPS) is 15.4. The van der Waals surface area contributed by atoms with Gasteiger partial charge in [-0.05, 0) is 60.4 Å². The lowest BCUT2D eigenvalue weighted by Crippen LogP contribution is -2.28. The maximum atomic E-state index is 12.5. The lowest BCUT2D eigenvalue weighted by atomic mass is 9.98. The smallest absolute Gasteiger partial charge is 0.507 e. The third-order valence-corrected chi connectivity index (χ3v) is 6.89. The van der Waals surface area contributed by atoms with Crippen molar-refractivity contribution in [1.29, 1.82) is 0 Å². The summed E-state index contributed by atoms with van der Waals surface area (Å²) in [6, 6.07) is 8.04. The molecule has 14 heteroatoms. The molecule has 2 heterocycles. The summed E-state index contributed by atoms with van der Waals surface area (Å²) in [6.07, 6.45) is 4.55. The predicted molar refractivity (Wildman–Crippen MR) is 140 cm³/mol. The molecule has 2 aromatic rings. The van der Waals surface area contributed by atoms with Gasteiger partial charge in [-0.15, -0.1) is 0 Å². The zero-order chi connectivity index (χ0) is 30.2. The fourth-order valence-electron chi connectivity index (χ4n) is 3.85. The average molecular weight is 601 g/mol. The van der Waals surface area contributed by atoms with Crippen molar-refractivity contribution in [2.24, 2.45) is 0 Å². The van der Waals surface area contributed by atoms with Gasteiger partial charge in [0.1, 0.15) is 11.5 Å². The van der Waals surface area contributed by atoms with Gasteiger partial charge in [0.15, 0.2) is 0 Å². The number of carbonyl (C=O) groups is 2. The SMILES string of the molecule is COC(=O)c1ccc(O)c(C2=CCOCC2)c1.COC(=O)c1ccc(OS(=O)(=O)C(F)(F)F)c(C2=CCOCC2)c1. The maximum absolute atomic E-state index is 12.5. The number of ether oxygens (including phenoxy) is 4. The molecule has 4 rings (SSSR count). The number of hydrogen-bond acceptors (Lipinski definition) is 10. The number of halogens is 3. The molecule has 0 spiro atoms. The lowest BCUT2D eigenvalue weighted by Gasteiger charge is -2.18. The second-order valence-corrected chi connectivity index (χ2v) is 10.1. The molecule has 0 saturated carbocycles. The Morgan fingerprint density at radius 3 is 1.78 bits per heavy atom. The van der Waals surface area contributed by atoms with Crippen molar-refractivity contribution in [2.75, 3.05) is 40.6 Å². The second kappa shape index (κ2) is 13.7. The zero-order valence-corrected chi connectivity index (χ0v) is 22.8. The van der Waals surface area contributed by atoms with Crippen LogP contribution < -0.4 is 4.18 Å². The standard InChI is InChI=1S/C14H13F3O6S.C13H14O4/c1-21-13(18)10-2-3-12(23-24(19,20)14(15,16)17)11(8-10)9-4-6-22-7-5-9;1-16-13(15)10-2-3-12(14)11(8-10)9-4-6-17-7-5-9/h2-4,8H,5-7H2,1H3;2-4,8,14H,5-7H2,1H3. The van der Waals surface area contributed by atoms with E-state index in [1.807, 2.05) is 6.08 Å². The van der Waals surface area contributed by atoms with Crippen molar-refractivity contribution in [3.05, 3.63) is 70.8 Å². The number of esters is 2. The van der Waals surface area contributed by atoms with E-state index in [0.717, 1.165) is 31.2 Å². The van der Waals surface area contributed by atoms with E-state index in [-0.39, 0.29) is 23.5 Å². The number of hydrogen-bond donors (Lipinski definition) is 1. The molecular formula is C27H27F3O10S. The van der Waals surface area contributed by atoms with Gasteiger partial charge in [-0.2, -0.15) is 21.6 Å². The van der Waals surface area contributed by atoms with Crippen LogP contribution in [0.5, 0.6) is 11.5 Å². The molecule has 222 valence electrons. The van der Waals surface area contributed by atoms with E-state index in [0.29, 0.717) is 42.9 Å². The zero-order valence-electron chi connectivity index (χ0n) is 22.0. The third kappa shape index (κ3) is 8.08. The first-order chi connectivity index (χ1) is 19.4. The molecule has 2 aliphatic rings. The molecule has 0 aromatic heterocycles. The Kier molecular flexibility index (Phi) is 10.5. The Morgan fingerprint density at radius 2 is 1.32 bits per heavy atom. The number of benzene rings is 2. The number of alkyl halides is 3. The quantitative estimate of drug-likeness (QED) is 0.287. The molecule has 0 fully saturated rings. The van der Waals surface area contributed by atoms with Gasteiger partial charge in [0.2, 0.25) is 0 Å². The molecule has 10 nitrogen and oxygen atoms in total. The van der Waals surface area contributed by atoms with Gasteiger partial charge in [-0.3, -0.25) is 0 Å². The van der Waals surface area contributed by atoms with Gasteiger partial charge < -0.3 is 28.2 Å². The van der Waals surface area contributed by atoms with E-state index in [2.05, 4.69) is 13.7 Å². The van der Waals surface area contributed by atoms with Crippen LogP contribution in [0.3, 0.4) is 0 Å². The molecule has 1 N–H and O–H groups in total. The lowest BCUT2D eigenvalue weighted by molar-refractivity contribution is -0.0500. The van der Waals surface area contributed by atoms with Gasteiger partial charge in [-0.1, -0.05) is 12.2 Å². The van der Waals surface area contributed by atoms with Crippen LogP contribution in [0, 0.1) is 0 Å². The van der Waals surface area contributed by atoms with Crippen molar-refractivity contribution in [2.45, 2.75) is 18.3 Å². The minimum absolute atomic E-state index is 0.0525. The predicted octanol–water partition coefficient (Wildman–Crippen LogP) is 4.49. The Morgan fingerprint density at radius 1 is 0.829 bits per heavy atom. The van der Waals surface area contributed by atoms with Crippen molar-refractivity contribution >= 4 is 33.2 Å². The minimum Gasteiger partial charge on any atom is -0.507 e. The molecular weight excluding hydrogens is 573 g/mol. The average Bonchev–Trinajstić information content (AvgIpc) is 2.97. The highest BCUT2D eigenvalue weighted by atomic mass is 32.2. The van der Waals surface area contributed by atoms with Crippen LogP contribution in [0.4, 0.5) is 13.2 Å². The van der Waals surface area contributed by atoms with Crippen LogP contribution >= 0.6 is 0 Å². The fraction of sp³-hybridized carbons (Fsp3) is 0.333. The van der Waals surface area contributed by atoms with Crippen molar-refractivity contribution in [3.63, 3.8) is 0 Å². The van der Waals surface area contributed by atoms with Crippen molar-refractivity contribution in [3.8, 4) is 11.5 Å². The summed E-state index contributed by atoms with van der Waals surface area (Å²) in [5, 5.41) is 9.81. The molecule has 0 atom stereocenters. The molecule has 41 heavy (non-hydrogen) atoms. The van der Waals surface area contributed by atoms with Gasteiger partial charge in [-0.25, -0.2) is 9.59 Å². The molecule has 0 aliphatic carbocycles. The van der Waals surface area contributed by atoms with E-state index in [9.17, 15) is 36.3 Å². The van der Waals surface area contributed by atoms with E-state index in [1.165, 1.54) is 19.2 Å². The van der Waals surface area contributed by atoms with Crippen LogP contribution in [0.2, 0.25) is 0 Å². The van der Waals surface area contributed by atoms with Crippen molar-refractivity contribution < 1.29 is 59.4 Å². The summed E-state index contributed by atoms with van der Waals surface area (Å²) in [5.41, 5.74) is -2.82. The van der Waals surface area contributed by atoms with Crippen LogP contribution in [0.15, 0.2) is 48.6 Å². The molecule has 2 aromatic carbocycles. The summed E-state index contributed by atoms with van der Waals surface area (Å²) >= 11 is 0. The van der Waals surface area contributed by atoms with Crippen LogP contribution in [0.25, 0.3) is 11.1 Å². The Balaban J connectivity index is 0.000000239. The monoisotopic (exact) mass is 600 g/mol. The Bertz CT molecular complexity index is 1450. The van der Waals surface area contributed by atoms with Crippen LogP contribution in [0.1, 0.15) is 44.7 Å². The first-order valence-electron chi connectivity index (χ1n) is 12.1. The maximum Gasteiger partial charge on any atom is 0.534 e. The van der Waals surface area contributed by atoms with Gasteiger partial charge in [0.25, 0.3) is 0 Å². The number of aromatic hydroxyl groups is 1. The van der Waals surface area contributed by atoms with E-state index in [1.54, 1.807) is 18.2 Å². The van der Waals surface area contributed by atoms with Gasteiger partial charge in [0.05, 0.1) is 51.8 Å². The molecule has 0 bridgehead atoms. The molecule has 0 saturated heterocycles. The Labute approximate surface area is 234 Å². The van der Waals surface area contributed by atoms with E-state index < -0.39 is 33.3 Å². The second-order valence-electron chi connectivity index (χ2n) is 8.52. The highest BCUT2D eigenvalue weighted by Gasteiger charge is 2.49.